The lowest BCUT2D eigenvalue weighted by Gasteiger charge is -2.11. The fourth-order valence-electron chi connectivity index (χ4n) is 2.46. The third kappa shape index (κ3) is 1.78. The highest BCUT2D eigenvalue weighted by Crippen LogP contribution is 2.33. The van der Waals surface area contributed by atoms with E-state index in [1.165, 1.54) is 17.0 Å². The zero-order valence-electron chi connectivity index (χ0n) is 10.5. The van der Waals surface area contributed by atoms with E-state index in [2.05, 4.69) is 29.8 Å². The Hall–Kier alpha value is -2.61. The molecule has 0 atom stereocenters. The standard InChI is InChI=1S/C17H14N2/c1-2-19-11-16-14-9-4-3-7-12(14)13-8-5-6-10-15(13)17(16)18/h2-11H,1,18H2. The van der Waals surface area contributed by atoms with Crippen molar-refractivity contribution in [2.75, 3.05) is 5.73 Å². The molecular formula is C17H14N2. The molecule has 0 aliphatic carbocycles. The van der Waals surface area contributed by atoms with Crippen molar-refractivity contribution in [1.29, 1.82) is 0 Å². The first-order valence-electron chi connectivity index (χ1n) is 6.16. The first-order valence-corrected chi connectivity index (χ1v) is 6.16. The van der Waals surface area contributed by atoms with Crippen molar-refractivity contribution in [3.63, 3.8) is 0 Å². The Morgan fingerprint density at radius 2 is 1.37 bits per heavy atom. The molecule has 3 aromatic rings. The summed E-state index contributed by atoms with van der Waals surface area (Å²) in [6.07, 6.45) is 3.29. The molecule has 2 heteroatoms. The average Bonchev–Trinajstić information content (AvgIpc) is 2.47. The first kappa shape index (κ1) is 11.5. The molecule has 0 saturated carbocycles. The molecule has 0 heterocycles. The lowest BCUT2D eigenvalue weighted by molar-refractivity contribution is 1.61. The maximum atomic E-state index is 6.30. The predicted octanol–water partition coefficient (Wildman–Crippen LogP) is 4.14. The molecule has 3 aromatic carbocycles. The van der Waals surface area contributed by atoms with Crippen molar-refractivity contribution in [1.82, 2.24) is 0 Å². The van der Waals surface area contributed by atoms with Crippen LogP contribution in [0, 0.1) is 0 Å². The summed E-state index contributed by atoms with van der Waals surface area (Å²) in [7, 11) is 0. The number of hydrogen-bond donors (Lipinski definition) is 1. The third-order valence-corrected chi connectivity index (χ3v) is 3.32. The van der Waals surface area contributed by atoms with Gasteiger partial charge in [-0.2, -0.15) is 0 Å². The van der Waals surface area contributed by atoms with Crippen molar-refractivity contribution in [3.05, 3.63) is 66.9 Å². The van der Waals surface area contributed by atoms with Crippen LogP contribution in [0.25, 0.3) is 21.5 Å². The molecular weight excluding hydrogens is 232 g/mol. The highest BCUT2D eigenvalue weighted by molar-refractivity contribution is 6.20. The SMILES string of the molecule is C=CN=Cc1c(N)c2ccccc2c2ccccc12. The van der Waals surface area contributed by atoms with Crippen LogP contribution in [0.5, 0.6) is 0 Å². The lowest BCUT2D eigenvalue weighted by Crippen LogP contribution is -1.96. The van der Waals surface area contributed by atoms with Crippen molar-refractivity contribution in [2.24, 2.45) is 4.99 Å². The molecule has 0 saturated heterocycles. The number of benzene rings is 3. The zero-order chi connectivity index (χ0) is 13.2. The molecule has 0 fully saturated rings. The second-order valence-electron chi connectivity index (χ2n) is 4.38. The predicted molar refractivity (Wildman–Crippen MR) is 83.7 cm³/mol. The Balaban J connectivity index is 2.54. The zero-order valence-corrected chi connectivity index (χ0v) is 10.5. The van der Waals surface area contributed by atoms with Gasteiger partial charge in [0, 0.05) is 29.1 Å². The molecule has 92 valence electrons. The molecule has 19 heavy (non-hydrogen) atoms. The molecule has 0 unspecified atom stereocenters. The van der Waals surface area contributed by atoms with Gasteiger partial charge in [-0.05, 0) is 16.2 Å². The second kappa shape index (κ2) is 4.58. The van der Waals surface area contributed by atoms with Gasteiger partial charge in [0.05, 0.1) is 0 Å². The number of nitrogens with two attached hydrogens (primary N) is 1. The summed E-state index contributed by atoms with van der Waals surface area (Å²) in [4.78, 5) is 4.12. The molecule has 2 nitrogen and oxygen atoms in total. The van der Waals surface area contributed by atoms with Crippen molar-refractivity contribution < 1.29 is 0 Å². The van der Waals surface area contributed by atoms with E-state index < -0.39 is 0 Å². The molecule has 2 N–H and O–H groups in total. The quantitative estimate of drug-likeness (QED) is 0.412. The van der Waals surface area contributed by atoms with E-state index >= 15 is 0 Å². The molecule has 0 amide bonds. The average molecular weight is 246 g/mol. The number of aliphatic imine (C=N–C) groups is 1. The fraction of sp³-hybridized carbons (Fsp3) is 0. The maximum Gasteiger partial charge on any atom is 0.0489 e. The normalized spacial score (nSPS) is 11.4. The van der Waals surface area contributed by atoms with Crippen LogP contribution in [-0.4, -0.2) is 6.21 Å². The smallest absolute Gasteiger partial charge is 0.0489 e. The Bertz CT molecular complexity index is 801. The number of nitrogens with zero attached hydrogens (tertiary/aromatic N) is 1. The Labute approximate surface area is 111 Å². The number of fused-ring (bicyclic) bond motifs is 3. The maximum absolute atomic E-state index is 6.30. The number of anilines is 1. The first-order chi connectivity index (χ1) is 9.33. The topological polar surface area (TPSA) is 38.4 Å². The van der Waals surface area contributed by atoms with Crippen molar-refractivity contribution in [3.8, 4) is 0 Å². The van der Waals surface area contributed by atoms with Gasteiger partial charge in [0.15, 0.2) is 0 Å². The summed E-state index contributed by atoms with van der Waals surface area (Å²) in [5.41, 5.74) is 8.02. The lowest BCUT2D eigenvalue weighted by atomic mass is 9.96. The van der Waals surface area contributed by atoms with Gasteiger partial charge in [-0.15, -0.1) is 0 Å². The summed E-state index contributed by atoms with van der Waals surface area (Å²) in [6, 6.07) is 16.4. The second-order valence-corrected chi connectivity index (χ2v) is 4.38. The van der Waals surface area contributed by atoms with Crippen molar-refractivity contribution in [2.45, 2.75) is 0 Å². The van der Waals surface area contributed by atoms with Crippen LogP contribution in [0.1, 0.15) is 5.56 Å². The molecule has 0 aliphatic heterocycles. The fourth-order valence-corrected chi connectivity index (χ4v) is 2.46. The number of nitrogen functional groups attached to an aromatic ring is 1. The Kier molecular flexibility index (Phi) is 2.76. The van der Waals surface area contributed by atoms with Crippen LogP contribution >= 0.6 is 0 Å². The Morgan fingerprint density at radius 3 is 2.00 bits per heavy atom. The highest BCUT2D eigenvalue weighted by Gasteiger charge is 2.09. The van der Waals surface area contributed by atoms with E-state index in [-0.39, 0.29) is 0 Å². The van der Waals surface area contributed by atoms with E-state index in [1.807, 2.05) is 30.3 Å². The summed E-state index contributed by atoms with van der Waals surface area (Å²) in [5.74, 6) is 0. The van der Waals surface area contributed by atoms with Gasteiger partial charge >= 0.3 is 0 Å². The van der Waals surface area contributed by atoms with Gasteiger partial charge in [0.25, 0.3) is 0 Å². The van der Waals surface area contributed by atoms with Gasteiger partial charge in [-0.3, -0.25) is 4.99 Å². The highest BCUT2D eigenvalue weighted by atomic mass is 14.7. The van der Waals surface area contributed by atoms with E-state index in [0.717, 1.165) is 22.0 Å². The molecule has 0 bridgehead atoms. The van der Waals surface area contributed by atoms with E-state index in [0.29, 0.717) is 0 Å². The van der Waals surface area contributed by atoms with Gasteiger partial charge in [0.2, 0.25) is 0 Å². The summed E-state index contributed by atoms with van der Waals surface area (Å²) in [6.45, 7) is 3.61. The molecule has 0 aliphatic rings. The summed E-state index contributed by atoms with van der Waals surface area (Å²) in [5, 5.41) is 4.54. The van der Waals surface area contributed by atoms with Crippen LogP contribution < -0.4 is 5.73 Å². The minimum absolute atomic E-state index is 0.764. The van der Waals surface area contributed by atoms with E-state index in [9.17, 15) is 0 Å². The molecule has 0 aromatic heterocycles. The molecule has 0 spiro atoms. The van der Waals surface area contributed by atoms with Crippen LogP contribution in [0.3, 0.4) is 0 Å². The van der Waals surface area contributed by atoms with Gasteiger partial charge in [0.1, 0.15) is 0 Å². The number of hydrogen-bond acceptors (Lipinski definition) is 2. The molecule has 3 rings (SSSR count). The molecule has 0 radical (unpaired) electrons. The van der Waals surface area contributed by atoms with Crippen LogP contribution in [0.4, 0.5) is 5.69 Å². The monoisotopic (exact) mass is 246 g/mol. The van der Waals surface area contributed by atoms with Crippen LogP contribution in [-0.2, 0) is 0 Å². The largest absolute Gasteiger partial charge is 0.398 e. The van der Waals surface area contributed by atoms with Gasteiger partial charge < -0.3 is 5.73 Å². The minimum atomic E-state index is 0.764. The summed E-state index contributed by atoms with van der Waals surface area (Å²) >= 11 is 0. The number of rotatable bonds is 2. The van der Waals surface area contributed by atoms with Crippen LogP contribution in [0.2, 0.25) is 0 Å². The van der Waals surface area contributed by atoms with Crippen LogP contribution in [0.15, 0.2) is 66.3 Å². The van der Waals surface area contributed by atoms with Crippen molar-refractivity contribution >= 4 is 33.4 Å². The van der Waals surface area contributed by atoms with E-state index in [1.54, 1.807) is 6.21 Å². The van der Waals surface area contributed by atoms with E-state index in [4.69, 9.17) is 5.73 Å². The summed E-state index contributed by atoms with van der Waals surface area (Å²) < 4.78 is 0. The third-order valence-electron chi connectivity index (χ3n) is 3.32. The van der Waals surface area contributed by atoms with Gasteiger partial charge in [-0.25, -0.2) is 0 Å². The Morgan fingerprint density at radius 1 is 0.842 bits per heavy atom. The minimum Gasteiger partial charge on any atom is -0.398 e. The van der Waals surface area contributed by atoms with Gasteiger partial charge in [-0.1, -0.05) is 55.1 Å².